The Morgan fingerprint density at radius 1 is 0.921 bits per heavy atom. The van der Waals surface area contributed by atoms with E-state index in [0.29, 0.717) is 40.1 Å². The van der Waals surface area contributed by atoms with E-state index in [1.807, 2.05) is 0 Å². The van der Waals surface area contributed by atoms with Gasteiger partial charge in [-0.05, 0) is 56.0 Å². The fourth-order valence-corrected chi connectivity index (χ4v) is 7.25. The summed E-state index contributed by atoms with van der Waals surface area (Å²) in [6, 6.07) is 6.77. The number of anilines is 2. The molecule has 3 aromatic rings. The smallest absolute Gasteiger partial charge is 0.243 e. The molecule has 5 rings (SSSR count). The van der Waals surface area contributed by atoms with Crippen LogP contribution in [0.15, 0.2) is 47.8 Å². The first-order valence-corrected chi connectivity index (χ1v) is 14.2. The SMILES string of the molecule is COc1cc(C)c(S(=O)(=O)N2CCC[C@H]2COc2ccnc(N3CCN(c4ncccn4)CC3)n2)c(C)c1. The number of nitrogens with zero attached hydrogens (tertiary/aromatic N) is 7. The van der Waals surface area contributed by atoms with E-state index >= 15 is 0 Å². The summed E-state index contributed by atoms with van der Waals surface area (Å²) in [7, 11) is -2.11. The van der Waals surface area contributed by atoms with Crippen molar-refractivity contribution in [1.29, 1.82) is 0 Å². The number of benzene rings is 1. The summed E-state index contributed by atoms with van der Waals surface area (Å²) in [6.07, 6.45) is 6.68. The molecule has 1 atom stereocenters. The first kappa shape index (κ1) is 26.1. The number of piperazine rings is 1. The predicted octanol–water partition coefficient (Wildman–Crippen LogP) is 2.45. The minimum atomic E-state index is -3.69. The molecule has 2 aliphatic rings. The number of ether oxygens (including phenoxy) is 2. The number of rotatable bonds is 8. The summed E-state index contributed by atoms with van der Waals surface area (Å²) in [4.78, 5) is 22.3. The quantitative estimate of drug-likeness (QED) is 0.423. The normalized spacial score (nSPS) is 18.6. The zero-order valence-corrected chi connectivity index (χ0v) is 22.8. The highest BCUT2D eigenvalue weighted by molar-refractivity contribution is 7.89. The van der Waals surface area contributed by atoms with Gasteiger partial charge in [-0.15, -0.1) is 0 Å². The third-order valence-corrected chi connectivity index (χ3v) is 9.26. The number of methoxy groups -OCH3 is 1. The van der Waals surface area contributed by atoms with Crippen LogP contribution in [0.3, 0.4) is 0 Å². The summed E-state index contributed by atoms with van der Waals surface area (Å²) < 4.78 is 40.3. The van der Waals surface area contributed by atoms with Crippen LogP contribution in [0.1, 0.15) is 24.0 Å². The molecular weight excluding hydrogens is 506 g/mol. The second-order valence-corrected chi connectivity index (χ2v) is 11.4. The molecule has 38 heavy (non-hydrogen) atoms. The molecule has 0 spiro atoms. The van der Waals surface area contributed by atoms with E-state index in [0.717, 1.165) is 45.0 Å². The summed E-state index contributed by atoms with van der Waals surface area (Å²) in [5, 5.41) is 0. The summed E-state index contributed by atoms with van der Waals surface area (Å²) in [5.74, 6) is 2.40. The maximum Gasteiger partial charge on any atom is 0.243 e. The van der Waals surface area contributed by atoms with Crippen molar-refractivity contribution in [2.45, 2.75) is 37.6 Å². The Bertz CT molecular complexity index is 1340. The van der Waals surface area contributed by atoms with Crippen molar-refractivity contribution in [2.75, 3.05) is 56.2 Å². The van der Waals surface area contributed by atoms with E-state index in [-0.39, 0.29) is 12.6 Å². The summed E-state index contributed by atoms with van der Waals surface area (Å²) >= 11 is 0. The first-order valence-electron chi connectivity index (χ1n) is 12.8. The molecule has 0 aliphatic carbocycles. The standard InChI is InChI=1S/C26H33N7O4S/c1-19-16-22(36-3)17-20(2)24(19)38(34,35)33-11-4-6-21(33)18-37-23-7-10-29-26(30-23)32-14-12-31(13-15-32)25-27-8-5-9-28-25/h5,7-10,16-17,21H,4,6,11-15,18H2,1-3H3/t21-/m0/s1. The molecule has 0 radical (unpaired) electrons. The fourth-order valence-electron chi connectivity index (χ4n) is 5.15. The van der Waals surface area contributed by atoms with Gasteiger partial charge in [-0.3, -0.25) is 0 Å². The lowest BCUT2D eigenvalue weighted by atomic mass is 10.1. The highest BCUT2D eigenvalue weighted by Gasteiger charge is 2.37. The number of aryl methyl sites for hydroxylation is 2. The third-order valence-electron chi connectivity index (χ3n) is 7.00. The van der Waals surface area contributed by atoms with Crippen LogP contribution in [0.4, 0.5) is 11.9 Å². The predicted molar refractivity (Wildman–Crippen MR) is 143 cm³/mol. The first-order chi connectivity index (χ1) is 18.4. The zero-order chi connectivity index (χ0) is 26.7. The van der Waals surface area contributed by atoms with Gasteiger partial charge in [0.2, 0.25) is 27.8 Å². The van der Waals surface area contributed by atoms with Crippen molar-refractivity contribution in [2.24, 2.45) is 0 Å². The Morgan fingerprint density at radius 3 is 2.21 bits per heavy atom. The molecule has 0 unspecified atom stereocenters. The Balaban J connectivity index is 1.23. The molecule has 1 aromatic carbocycles. The van der Waals surface area contributed by atoms with Crippen molar-refractivity contribution in [3.63, 3.8) is 0 Å². The van der Waals surface area contributed by atoms with Crippen molar-refractivity contribution < 1.29 is 17.9 Å². The molecular formula is C26H33N7O4S. The second kappa shape index (κ2) is 11.1. The van der Waals surface area contributed by atoms with Gasteiger partial charge in [-0.25, -0.2) is 23.4 Å². The zero-order valence-electron chi connectivity index (χ0n) is 21.9. The van der Waals surface area contributed by atoms with E-state index in [4.69, 9.17) is 9.47 Å². The minimum Gasteiger partial charge on any atom is -0.497 e. The summed E-state index contributed by atoms with van der Waals surface area (Å²) in [5.41, 5.74) is 1.35. The lowest BCUT2D eigenvalue weighted by molar-refractivity contribution is 0.225. The molecule has 4 heterocycles. The van der Waals surface area contributed by atoms with Gasteiger partial charge in [0, 0.05) is 57.4 Å². The molecule has 2 aromatic heterocycles. The van der Waals surface area contributed by atoms with Gasteiger partial charge in [0.1, 0.15) is 12.4 Å². The van der Waals surface area contributed by atoms with E-state index in [2.05, 4.69) is 29.7 Å². The average Bonchev–Trinajstić information content (AvgIpc) is 3.42. The second-order valence-electron chi connectivity index (χ2n) is 9.53. The molecule has 0 bridgehead atoms. The lowest BCUT2D eigenvalue weighted by Gasteiger charge is -2.34. The molecule has 0 N–H and O–H groups in total. The van der Waals surface area contributed by atoms with Crippen LogP contribution >= 0.6 is 0 Å². The van der Waals surface area contributed by atoms with Crippen LogP contribution in [-0.4, -0.2) is 85.1 Å². The monoisotopic (exact) mass is 539 g/mol. The fraction of sp³-hybridized carbons (Fsp3) is 0.462. The number of hydrogen-bond acceptors (Lipinski definition) is 10. The van der Waals surface area contributed by atoms with Crippen molar-refractivity contribution >= 4 is 21.9 Å². The molecule has 12 heteroatoms. The van der Waals surface area contributed by atoms with Gasteiger partial charge in [-0.1, -0.05) is 0 Å². The van der Waals surface area contributed by atoms with Crippen LogP contribution in [0.5, 0.6) is 11.6 Å². The highest BCUT2D eigenvalue weighted by atomic mass is 32.2. The van der Waals surface area contributed by atoms with Crippen molar-refractivity contribution in [1.82, 2.24) is 24.2 Å². The van der Waals surface area contributed by atoms with Crippen LogP contribution in [0.2, 0.25) is 0 Å². The molecule has 0 saturated carbocycles. The van der Waals surface area contributed by atoms with Crippen LogP contribution in [0.25, 0.3) is 0 Å². The van der Waals surface area contributed by atoms with Gasteiger partial charge in [0.05, 0.1) is 18.0 Å². The lowest BCUT2D eigenvalue weighted by Crippen LogP contribution is -2.47. The van der Waals surface area contributed by atoms with Crippen molar-refractivity contribution in [3.8, 4) is 11.6 Å². The average molecular weight is 540 g/mol. The topological polar surface area (TPSA) is 114 Å². The molecule has 202 valence electrons. The third kappa shape index (κ3) is 5.37. The molecule has 11 nitrogen and oxygen atoms in total. The van der Waals surface area contributed by atoms with Gasteiger partial charge in [0.25, 0.3) is 0 Å². The van der Waals surface area contributed by atoms with E-state index in [1.54, 1.807) is 68.1 Å². The Morgan fingerprint density at radius 2 is 1.55 bits per heavy atom. The van der Waals surface area contributed by atoms with Gasteiger partial charge < -0.3 is 19.3 Å². The van der Waals surface area contributed by atoms with Crippen LogP contribution in [-0.2, 0) is 10.0 Å². The Kier molecular flexibility index (Phi) is 7.61. The van der Waals surface area contributed by atoms with Gasteiger partial charge in [-0.2, -0.15) is 9.29 Å². The molecule has 2 fully saturated rings. The van der Waals surface area contributed by atoms with Crippen LogP contribution in [0, 0.1) is 13.8 Å². The van der Waals surface area contributed by atoms with Crippen LogP contribution < -0.4 is 19.3 Å². The molecule has 2 aliphatic heterocycles. The number of aromatic nitrogens is 4. The molecule has 0 amide bonds. The van der Waals surface area contributed by atoms with Crippen molar-refractivity contribution in [3.05, 3.63) is 54.0 Å². The van der Waals surface area contributed by atoms with Gasteiger partial charge in [0.15, 0.2) is 0 Å². The minimum absolute atomic E-state index is 0.225. The maximum absolute atomic E-state index is 13.7. The number of hydrogen-bond donors (Lipinski definition) is 0. The van der Waals surface area contributed by atoms with E-state index in [9.17, 15) is 8.42 Å². The van der Waals surface area contributed by atoms with E-state index < -0.39 is 10.0 Å². The largest absolute Gasteiger partial charge is 0.497 e. The number of sulfonamides is 1. The molecule has 2 saturated heterocycles. The van der Waals surface area contributed by atoms with E-state index in [1.165, 1.54) is 0 Å². The summed E-state index contributed by atoms with van der Waals surface area (Å²) in [6.45, 7) is 7.29. The Labute approximate surface area is 223 Å². The maximum atomic E-state index is 13.7. The highest BCUT2D eigenvalue weighted by Crippen LogP contribution is 2.32. The Hall–Kier alpha value is -3.51. The van der Waals surface area contributed by atoms with Gasteiger partial charge >= 0.3 is 0 Å².